The van der Waals surface area contributed by atoms with Crippen LogP contribution in [0, 0.1) is 0 Å². The Morgan fingerprint density at radius 3 is 1.89 bits per heavy atom. The number of carbonyl (C=O) groups is 2. The van der Waals surface area contributed by atoms with E-state index >= 15 is 0 Å². The first-order valence-electron chi connectivity index (χ1n) is 10.6. The van der Waals surface area contributed by atoms with Gasteiger partial charge >= 0.3 is 11.9 Å². The fourth-order valence-corrected chi connectivity index (χ4v) is 3.73. The minimum atomic E-state index is -1.27. The van der Waals surface area contributed by atoms with Crippen molar-refractivity contribution in [3.63, 3.8) is 0 Å². The van der Waals surface area contributed by atoms with E-state index in [2.05, 4.69) is 17.0 Å². The van der Waals surface area contributed by atoms with Gasteiger partial charge < -0.3 is 10.2 Å². The summed E-state index contributed by atoms with van der Waals surface area (Å²) in [6, 6.07) is 0.821. The Balaban J connectivity index is 0.000000345. The van der Waals surface area contributed by atoms with Crippen LogP contribution >= 0.6 is 0 Å². The highest BCUT2D eigenvalue weighted by atomic mass is 16.4. The van der Waals surface area contributed by atoms with Gasteiger partial charge in [0.25, 0.3) is 0 Å². The van der Waals surface area contributed by atoms with Gasteiger partial charge in [-0.05, 0) is 25.7 Å². The molecule has 2 fully saturated rings. The minimum absolute atomic E-state index is 0.303. The first kappa shape index (κ1) is 23.6. The van der Waals surface area contributed by atoms with Gasteiger partial charge in [-0.2, -0.15) is 0 Å². The second-order valence-electron chi connectivity index (χ2n) is 7.70. The van der Waals surface area contributed by atoms with Crippen molar-refractivity contribution in [2.24, 2.45) is 0 Å². The van der Waals surface area contributed by atoms with Crippen LogP contribution in [0.1, 0.15) is 89.9 Å². The van der Waals surface area contributed by atoms with Crippen LogP contribution in [-0.2, 0) is 9.59 Å². The van der Waals surface area contributed by atoms with Gasteiger partial charge in [0.1, 0.15) is 0 Å². The molecule has 0 aromatic rings. The van der Waals surface area contributed by atoms with Crippen LogP contribution in [0.15, 0.2) is 12.2 Å². The minimum Gasteiger partial charge on any atom is -0.481 e. The number of rotatable bonds is 4. The molecule has 2 rings (SSSR count). The van der Waals surface area contributed by atoms with Crippen LogP contribution in [-0.4, -0.2) is 46.3 Å². The van der Waals surface area contributed by atoms with Crippen LogP contribution in [0.25, 0.3) is 0 Å². The number of hydrazine groups is 1. The van der Waals surface area contributed by atoms with Crippen molar-refractivity contribution in [1.29, 1.82) is 0 Å². The third-order valence-corrected chi connectivity index (χ3v) is 5.32. The number of aliphatic carboxylic acids is 2. The maximum absolute atomic E-state index is 9.87. The van der Waals surface area contributed by atoms with Gasteiger partial charge in [0.05, 0.1) is 6.42 Å². The molecule has 1 aliphatic carbocycles. The van der Waals surface area contributed by atoms with Gasteiger partial charge in [-0.25, -0.2) is 9.80 Å². The summed E-state index contributed by atoms with van der Waals surface area (Å²) in [6.07, 6.45) is 18.2. The molecule has 0 atom stereocenters. The van der Waals surface area contributed by atoms with Crippen LogP contribution in [0.4, 0.5) is 0 Å². The third-order valence-electron chi connectivity index (χ3n) is 5.32. The lowest BCUT2D eigenvalue weighted by molar-refractivity contribution is -0.139. The predicted molar refractivity (Wildman–Crippen MR) is 108 cm³/mol. The Morgan fingerprint density at radius 2 is 1.37 bits per heavy atom. The largest absolute Gasteiger partial charge is 0.481 e. The first-order chi connectivity index (χ1) is 13.0. The molecule has 0 amide bonds. The number of nitrogens with zero attached hydrogens (tertiary/aromatic N) is 1. The van der Waals surface area contributed by atoms with E-state index in [0.717, 1.165) is 6.04 Å². The Bertz CT molecular complexity index is 411. The second kappa shape index (κ2) is 14.6. The van der Waals surface area contributed by atoms with Crippen molar-refractivity contribution in [3.05, 3.63) is 12.2 Å². The lowest BCUT2D eigenvalue weighted by atomic mass is 10.0. The molecule has 1 aliphatic heterocycles. The highest BCUT2D eigenvalue weighted by Gasteiger charge is 2.18. The second-order valence-corrected chi connectivity index (χ2v) is 7.70. The number of hydrogen-bond donors (Lipinski definition) is 3. The van der Waals surface area contributed by atoms with Gasteiger partial charge in [0.2, 0.25) is 0 Å². The van der Waals surface area contributed by atoms with E-state index in [0.29, 0.717) is 0 Å². The lowest BCUT2D eigenvalue weighted by Gasteiger charge is -2.32. The summed E-state index contributed by atoms with van der Waals surface area (Å²) in [4.78, 5) is 19.7. The molecular weight excluding hydrogens is 344 g/mol. The van der Waals surface area contributed by atoms with E-state index in [1.54, 1.807) is 0 Å². The smallest absolute Gasteiger partial charge is 0.331 e. The molecule has 0 spiro atoms. The maximum Gasteiger partial charge on any atom is 0.331 e. The van der Waals surface area contributed by atoms with Crippen molar-refractivity contribution in [1.82, 2.24) is 10.4 Å². The molecule has 3 N–H and O–H groups in total. The Labute approximate surface area is 164 Å². The van der Waals surface area contributed by atoms with Gasteiger partial charge in [-0.3, -0.25) is 10.2 Å². The zero-order valence-corrected chi connectivity index (χ0v) is 16.8. The van der Waals surface area contributed by atoms with Crippen molar-refractivity contribution in [2.75, 3.05) is 13.1 Å². The van der Waals surface area contributed by atoms with E-state index < -0.39 is 18.4 Å². The summed E-state index contributed by atoms with van der Waals surface area (Å²) in [5, 5.41) is 18.7. The molecule has 0 aromatic heterocycles. The highest BCUT2D eigenvalue weighted by molar-refractivity contribution is 5.91. The Hall–Kier alpha value is -1.40. The van der Waals surface area contributed by atoms with Gasteiger partial charge in [-0.15, -0.1) is 0 Å². The topological polar surface area (TPSA) is 89.9 Å². The molecular formula is C21H38N2O4. The third kappa shape index (κ3) is 11.8. The van der Waals surface area contributed by atoms with E-state index in [9.17, 15) is 9.59 Å². The molecule has 0 unspecified atom stereocenters. The maximum atomic E-state index is 9.87. The summed E-state index contributed by atoms with van der Waals surface area (Å²) in [5.41, 5.74) is 3.43. The Kier molecular flexibility index (Phi) is 12.8. The Morgan fingerprint density at radius 1 is 0.852 bits per heavy atom. The molecule has 6 nitrogen and oxygen atoms in total. The van der Waals surface area contributed by atoms with Gasteiger partial charge in [-0.1, -0.05) is 64.4 Å². The molecule has 1 saturated carbocycles. The predicted octanol–water partition coefficient (Wildman–Crippen LogP) is 4.36. The number of hydrogen-bond acceptors (Lipinski definition) is 4. The van der Waals surface area contributed by atoms with Crippen molar-refractivity contribution >= 4 is 11.9 Å². The van der Waals surface area contributed by atoms with Crippen LogP contribution in [0.3, 0.4) is 0 Å². The lowest BCUT2D eigenvalue weighted by Crippen LogP contribution is -2.46. The number of nitrogens with one attached hydrogen (secondary N) is 1. The molecule has 0 bridgehead atoms. The van der Waals surface area contributed by atoms with Gasteiger partial charge in [0.15, 0.2) is 0 Å². The van der Waals surface area contributed by atoms with E-state index in [1.165, 1.54) is 96.6 Å². The number of carboxylic acids is 2. The molecule has 156 valence electrons. The monoisotopic (exact) mass is 382 g/mol. The summed E-state index contributed by atoms with van der Waals surface area (Å²) >= 11 is 0. The SMILES string of the molecule is C1CCCCC(N2CCCCCCCN2)CCC1.C=C(CC(=O)O)C(=O)O. The molecule has 0 radical (unpaired) electrons. The fraction of sp³-hybridized carbons (Fsp3) is 0.810. The molecule has 2 aliphatic rings. The van der Waals surface area contributed by atoms with E-state index in [-0.39, 0.29) is 5.57 Å². The average Bonchev–Trinajstić information content (AvgIpc) is 2.84. The summed E-state index contributed by atoms with van der Waals surface area (Å²) in [6.45, 7) is 5.50. The molecule has 1 saturated heterocycles. The normalized spacial score (nSPS) is 21.0. The van der Waals surface area contributed by atoms with Gasteiger partial charge in [0, 0.05) is 24.7 Å². The summed E-state index contributed by atoms with van der Waals surface area (Å²) in [5.74, 6) is -2.44. The first-order valence-corrected chi connectivity index (χ1v) is 10.6. The standard InChI is InChI=1S/C16H32N2.C5H6O4/c1-2-5-9-13-16(12-8-4-1)18-15-11-7-3-6-10-14-17-18;1-3(5(8)9)2-4(6)7/h16-17H,1-15H2;1-2H2,(H,6,7)(H,8,9). The fourth-order valence-electron chi connectivity index (χ4n) is 3.73. The zero-order chi connectivity index (χ0) is 19.9. The molecule has 1 heterocycles. The molecule has 6 heteroatoms. The molecule has 27 heavy (non-hydrogen) atoms. The summed E-state index contributed by atoms with van der Waals surface area (Å²) < 4.78 is 0. The highest BCUT2D eigenvalue weighted by Crippen LogP contribution is 2.21. The van der Waals surface area contributed by atoms with E-state index in [1.807, 2.05) is 0 Å². The van der Waals surface area contributed by atoms with E-state index in [4.69, 9.17) is 10.2 Å². The quantitative estimate of drug-likeness (QED) is 0.626. The molecule has 0 aromatic carbocycles. The van der Waals surface area contributed by atoms with Crippen LogP contribution < -0.4 is 5.43 Å². The van der Waals surface area contributed by atoms with Crippen LogP contribution in [0.5, 0.6) is 0 Å². The van der Waals surface area contributed by atoms with Crippen molar-refractivity contribution < 1.29 is 19.8 Å². The van der Waals surface area contributed by atoms with Crippen LogP contribution in [0.2, 0.25) is 0 Å². The average molecular weight is 383 g/mol. The zero-order valence-electron chi connectivity index (χ0n) is 16.8. The van der Waals surface area contributed by atoms with Crippen molar-refractivity contribution in [3.8, 4) is 0 Å². The van der Waals surface area contributed by atoms with Crippen molar-refractivity contribution in [2.45, 2.75) is 95.9 Å². The number of carboxylic acid groups (broad SMARTS) is 2. The summed E-state index contributed by atoms with van der Waals surface area (Å²) in [7, 11) is 0.